The smallest absolute Gasteiger partial charge is 0.402 e. The molecule has 0 fully saturated rings. The van der Waals surface area contributed by atoms with Crippen LogP contribution in [0.15, 0.2) is 24.3 Å². The molecule has 0 saturated heterocycles. The van der Waals surface area contributed by atoms with Crippen LogP contribution in [0.2, 0.25) is 5.02 Å². The fourth-order valence-electron chi connectivity index (χ4n) is 1.37. The molecule has 0 saturated carbocycles. The monoisotopic (exact) mass is 320 g/mol. The van der Waals surface area contributed by atoms with Gasteiger partial charge in [-0.15, -0.1) is 0 Å². The average Bonchev–Trinajstić information content (AvgIpc) is 2.42. The second-order valence-corrected chi connectivity index (χ2v) is 6.34. The van der Waals surface area contributed by atoms with Crippen molar-refractivity contribution in [3.8, 4) is 5.75 Å². The molecule has 20 heavy (non-hydrogen) atoms. The molecule has 0 aliphatic heterocycles. The molecule has 1 rings (SSSR count). The first-order chi connectivity index (χ1) is 9.61. The van der Waals surface area contributed by atoms with E-state index in [1.807, 2.05) is 13.8 Å². The number of phosphoric acid groups is 1. The van der Waals surface area contributed by atoms with Gasteiger partial charge in [0.2, 0.25) is 0 Å². The molecule has 0 bridgehead atoms. The highest BCUT2D eigenvalue weighted by atomic mass is 35.5. The molecular formula is C14H22ClO4P. The van der Waals surface area contributed by atoms with Crippen LogP contribution >= 0.6 is 19.4 Å². The predicted octanol–water partition coefficient (Wildman–Crippen LogP) is 5.46. The third-order valence-electron chi connectivity index (χ3n) is 2.54. The van der Waals surface area contributed by atoms with Crippen molar-refractivity contribution < 1.29 is 18.1 Å². The summed E-state index contributed by atoms with van der Waals surface area (Å²) in [5, 5.41) is 0.380. The Bertz CT molecular complexity index is 425. The summed E-state index contributed by atoms with van der Waals surface area (Å²) in [6.45, 7) is 4.73. The van der Waals surface area contributed by atoms with Gasteiger partial charge in [-0.1, -0.05) is 50.4 Å². The van der Waals surface area contributed by atoms with E-state index in [1.165, 1.54) is 0 Å². The molecular weight excluding hydrogens is 299 g/mol. The Kier molecular flexibility index (Phi) is 8.24. The lowest BCUT2D eigenvalue weighted by Gasteiger charge is -2.19. The first-order valence-corrected chi connectivity index (χ1v) is 8.78. The normalized spacial score (nSPS) is 11.6. The summed E-state index contributed by atoms with van der Waals surface area (Å²) in [5.41, 5.74) is 0. The lowest BCUT2D eigenvalue weighted by Crippen LogP contribution is -2.05. The van der Waals surface area contributed by atoms with Crippen molar-refractivity contribution in [1.29, 1.82) is 0 Å². The van der Waals surface area contributed by atoms with Gasteiger partial charge in [0.1, 0.15) is 5.75 Å². The van der Waals surface area contributed by atoms with Crippen LogP contribution in [0.3, 0.4) is 0 Å². The Morgan fingerprint density at radius 2 is 1.60 bits per heavy atom. The van der Waals surface area contributed by atoms with Crippen LogP contribution in [0.5, 0.6) is 5.75 Å². The van der Waals surface area contributed by atoms with E-state index in [0.29, 0.717) is 24.0 Å². The molecule has 0 unspecified atom stereocenters. The van der Waals surface area contributed by atoms with Crippen LogP contribution in [-0.2, 0) is 13.6 Å². The summed E-state index contributed by atoms with van der Waals surface area (Å²) in [6.07, 6.45) is 3.49. The van der Waals surface area contributed by atoms with Crippen LogP contribution in [0.4, 0.5) is 0 Å². The maximum Gasteiger partial charge on any atom is 0.530 e. The SMILES string of the molecule is CCCCOP(=O)(OCCCC)Oc1ccccc1Cl. The largest absolute Gasteiger partial charge is 0.530 e. The Balaban J connectivity index is 2.70. The van der Waals surface area contributed by atoms with Crippen molar-refractivity contribution in [2.45, 2.75) is 39.5 Å². The van der Waals surface area contributed by atoms with Gasteiger partial charge in [0.25, 0.3) is 0 Å². The number of benzene rings is 1. The zero-order valence-electron chi connectivity index (χ0n) is 12.0. The lowest BCUT2D eigenvalue weighted by molar-refractivity contribution is 0.152. The van der Waals surface area contributed by atoms with Gasteiger partial charge >= 0.3 is 7.82 Å². The van der Waals surface area contributed by atoms with Crippen LogP contribution in [0.25, 0.3) is 0 Å². The van der Waals surface area contributed by atoms with Crippen molar-refractivity contribution in [3.05, 3.63) is 29.3 Å². The number of halogens is 1. The minimum Gasteiger partial charge on any atom is -0.402 e. The van der Waals surface area contributed by atoms with Crippen LogP contribution in [0.1, 0.15) is 39.5 Å². The third kappa shape index (κ3) is 6.27. The van der Waals surface area contributed by atoms with Crippen molar-refractivity contribution in [2.75, 3.05) is 13.2 Å². The summed E-state index contributed by atoms with van der Waals surface area (Å²) in [7, 11) is -3.61. The summed E-state index contributed by atoms with van der Waals surface area (Å²) in [5.74, 6) is 0.311. The van der Waals surface area contributed by atoms with Crippen LogP contribution in [-0.4, -0.2) is 13.2 Å². The molecule has 114 valence electrons. The summed E-state index contributed by atoms with van der Waals surface area (Å²) in [6, 6.07) is 6.83. The van der Waals surface area contributed by atoms with Crippen LogP contribution < -0.4 is 4.52 Å². The van der Waals surface area contributed by atoms with Crippen molar-refractivity contribution in [3.63, 3.8) is 0 Å². The average molecular weight is 321 g/mol. The first-order valence-electron chi connectivity index (χ1n) is 6.94. The summed E-state index contributed by atoms with van der Waals surface area (Å²) >= 11 is 6.00. The topological polar surface area (TPSA) is 44.8 Å². The molecule has 6 heteroatoms. The minimum absolute atomic E-state index is 0.311. The zero-order valence-corrected chi connectivity index (χ0v) is 13.7. The highest BCUT2D eigenvalue weighted by molar-refractivity contribution is 7.48. The number of rotatable bonds is 10. The molecule has 0 spiro atoms. The highest BCUT2D eigenvalue weighted by Crippen LogP contribution is 2.51. The number of hydrogen-bond donors (Lipinski definition) is 0. The number of phosphoric ester groups is 1. The second kappa shape index (κ2) is 9.41. The van der Waals surface area contributed by atoms with E-state index >= 15 is 0 Å². The molecule has 4 nitrogen and oxygen atoms in total. The molecule has 0 N–H and O–H groups in total. The lowest BCUT2D eigenvalue weighted by atomic mass is 10.3. The molecule has 0 radical (unpaired) electrons. The second-order valence-electron chi connectivity index (χ2n) is 4.34. The predicted molar refractivity (Wildman–Crippen MR) is 81.4 cm³/mol. The van der Waals surface area contributed by atoms with Gasteiger partial charge < -0.3 is 4.52 Å². The third-order valence-corrected chi connectivity index (χ3v) is 4.27. The molecule has 0 aromatic heterocycles. The van der Waals surface area contributed by atoms with E-state index in [-0.39, 0.29) is 0 Å². The zero-order chi connectivity index (χ0) is 14.8. The number of para-hydroxylation sites is 1. The molecule has 1 aromatic carbocycles. The summed E-state index contributed by atoms with van der Waals surface area (Å²) < 4.78 is 28.6. The molecule has 0 amide bonds. The fourth-order valence-corrected chi connectivity index (χ4v) is 2.88. The first kappa shape index (κ1) is 17.5. The van der Waals surface area contributed by atoms with E-state index < -0.39 is 7.82 Å². The highest BCUT2D eigenvalue weighted by Gasteiger charge is 2.29. The van der Waals surface area contributed by atoms with Gasteiger partial charge in [0.05, 0.1) is 18.2 Å². The van der Waals surface area contributed by atoms with Crippen molar-refractivity contribution in [1.82, 2.24) is 0 Å². The van der Waals surface area contributed by atoms with Crippen LogP contribution in [0, 0.1) is 0 Å². The van der Waals surface area contributed by atoms with E-state index in [4.69, 9.17) is 25.2 Å². The maximum atomic E-state index is 12.6. The van der Waals surface area contributed by atoms with Crippen molar-refractivity contribution >= 4 is 19.4 Å². The van der Waals surface area contributed by atoms with E-state index in [9.17, 15) is 4.57 Å². The van der Waals surface area contributed by atoms with Crippen molar-refractivity contribution in [2.24, 2.45) is 0 Å². The Hall–Kier alpha value is -0.540. The van der Waals surface area contributed by atoms with Gasteiger partial charge in [-0.3, -0.25) is 9.05 Å². The van der Waals surface area contributed by atoms with Gasteiger partial charge in [0, 0.05) is 0 Å². The van der Waals surface area contributed by atoms with E-state index in [1.54, 1.807) is 24.3 Å². The fraction of sp³-hybridized carbons (Fsp3) is 0.571. The Morgan fingerprint density at radius 1 is 1.05 bits per heavy atom. The number of unbranched alkanes of at least 4 members (excludes halogenated alkanes) is 2. The molecule has 1 aromatic rings. The molecule has 0 aliphatic rings. The Morgan fingerprint density at radius 3 is 2.10 bits per heavy atom. The standard InChI is InChI=1S/C14H22ClO4P/c1-3-5-11-17-20(16,18-12-6-4-2)19-14-10-8-7-9-13(14)15/h7-10H,3-6,11-12H2,1-2H3. The molecule has 0 aliphatic carbocycles. The Labute approximate surface area is 126 Å². The molecule has 0 heterocycles. The maximum absolute atomic E-state index is 12.6. The van der Waals surface area contributed by atoms with Gasteiger partial charge in [-0.2, -0.15) is 0 Å². The quantitative estimate of drug-likeness (QED) is 0.424. The van der Waals surface area contributed by atoms with Gasteiger partial charge in [-0.25, -0.2) is 4.57 Å². The van der Waals surface area contributed by atoms with Gasteiger partial charge in [-0.05, 0) is 25.0 Å². The summed E-state index contributed by atoms with van der Waals surface area (Å²) in [4.78, 5) is 0. The van der Waals surface area contributed by atoms with E-state index in [0.717, 1.165) is 25.7 Å². The van der Waals surface area contributed by atoms with E-state index in [2.05, 4.69) is 0 Å². The number of hydrogen-bond acceptors (Lipinski definition) is 4. The van der Waals surface area contributed by atoms with Gasteiger partial charge in [0.15, 0.2) is 0 Å². The minimum atomic E-state index is -3.61. The molecule has 0 atom stereocenters.